The largest absolute Gasteiger partial charge is 0.385 e. The molecule has 0 aliphatic carbocycles. The molecule has 1 atom stereocenters. The van der Waals surface area contributed by atoms with Gasteiger partial charge in [0.2, 0.25) is 5.91 Å². The Morgan fingerprint density at radius 1 is 1.80 bits per heavy atom. The van der Waals surface area contributed by atoms with Gasteiger partial charge in [0, 0.05) is 13.7 Å². The van der Waals surface area contributed by atoms with Gasteiger partial charge in [-0.3, -0.25) is 9.89 Å². The summed E-state index contributed by atoms with van der Waals surface area (Å²) in [7, 11) is 1.57. The van der Waals surface area contributed by atoms with E-state index in [0.29, 0.717) is 25.4 Å². The lowest BCUT2D eigenvalue weighted by atomic mass is 10.2. The maximum atomic E-state index is 11.4. The van der Waals surface area contributed by atoms with Crippen LogP contribution < -0.4 is 11.1 Å². The van der Waals surface area contributed by atoms with E-state index in [0.717, 1.165) is 0 Å². The van der Waals surface area contributed by atoms with E-state index in [1.807, 2.05) is 0 Å². The number of methoxy groups -OCH3 is 1. The highest BCUT2D eigenvalue weighted by Gasteiger charge is 2.12. The van der Waals surface area contributed by atoms with Crippen LogP contribution in [0.1, 0.15) is 12.2 Å². The molecule has 0 fully saturated rings. The van der Waals surface area contributed by atoms with E-state index in [4.69, 9.17) is 10.5 Å². The zero-order chi connectivity index (χ0) is 11.1. The minimum atomic E-state index is -0.548. The Kier molecular flexibility index (Phi) is 4.72. The average molecular weight is 213 g/mol. The predicted molar refractivity (Wildman–Crippen MR) is 52.7 cm³/mol. The smallest absolute Gasteiger partial charge is 0.237 e. The summed E-state index contributed by atoms with van der Waals surface area (Å²) in [6, 6.07) is -0.548. The topological polar surface area (TPSA) is 106 Å². The Labute approximate surface area is 87.4 Å². The number of hydrogen-bond acceptors (Lipinski definition) is 5. The van der Waals surface area contributed by atoms with Gasteiger partial charge in [0.1, 0.15) is 12.2 Å². The van der Waals surface area contributed by atoms with Crippen LogP contribution in [0.3, 0.4) is 0 Å². The summed E-state index contributed by atoms with van der Waals surface area (Å²) in [5.41, 5.74) is 5.60. The van der Waals surface area contributed by atoms with Crippen LogP contribution in [0, 0.1) is 0 Å². The summed E-state index contributed by atoms with van der Waals surface area (Å²) < 4.78 is 4.82. The van der Waals surface area contributed by atoms with Crippen molar-refractivity contribution in [1.29, 1.82) is 0 Å². The number of amides is 1. The zero-order valence-electron chi connectivity index (χ0n) is 8.56. The second kappa shape index (κ2) is 6.10. The molecule has 0 radical (unpaired) electrons. The Hall–Kier alpha value is -1.47. The Morgan fingerprint density at radius 3 is 3.20 bits per heavy atom. The molecule has 0 saturated heterocycles. The molecule has 0 aromatic carbocycles. The lowest BCUT2D eigenvalue weighted by molar-refractivity contribution is -0.122. The number of ether oxygens (including phenoxy) is 1. The molecule has 1 amide bonds. The third kappa shape index (κ3) is 4.05. The van der Waals surface area contributed by atoms with E-state index < -0.39 is 6.04 Å². The second-order valence-corrected chi connectivity index (χ2v) is 3.04. The first-order valence-electron chi connectivity index (χ1n) is 4.60. The number of nitrogens with one attached hydrogen (secondary N) is 2. The predicted octanol–water partition coefficient (Wildman–Crippen LogP) is -1.22. The van der Waals surface area contributed by atoms with Crippen LogP contribution in [0.15, 0.2) is 6.33 Å². The van der Waals surface area contributed by atoms with E-state index in [1.165, 1.54) is 6.33 Å². The summed E-state index contributed by atoms with van der Waals surface area (Å²) in [5.74, 6) is 0.380. The number of rotatable bonds is 6. The quantitative estimate of drug-likeness (QED) is 0.549. The molecule has 1 rings (SSSR count). The van der Waals surface area contributed by atoms with Crippen LogP contribution in [0.25, 0.3) is 0 Å². The highest BCUT2D eigenvalue weighted by atomic mass is 16.5. The normalized spacial score (nSPS) is 12.4. The molecule has 1 heterocycles. The number of aromatic nitrogens is 3. The number of hydrogen-bond donors (Lipinski definition) is 3. The number of nitrogens with zero attached hydrogens (tertiary/aromatic N) is 2. The molecule has 7 heteroatoms. The van der Waals surface area contributed by atoms with Crippen LogP contribution >= 0.6 is 0 Å². The highest BCUT2D eigenvalue weighted by Crippen LogP contribution is 1.90. The van der Waals surface area contributed by atoms with Crippen molar-refractivity contribution in [2.45, 2.75) is 19.0 Å². The Morgan fingerprint density at radius 2 is 2.60 bits per heavy atom. The first-order chi connectivity index (χ1) is 7.24. The van der Waals surface area contributed by atoms with Crippen LogP contribution in [0.4, 0.5) is 0 Å². The van der Waals surface area contributed by atoms with Crippen molar-refractivity contribution in [1.82, 2.24) is 20.5 Å². The van der Waals surface area contributed by atoms with Gasteiger partial charge >= 0.3 is 0 Å². The van der Waals surface area contributed by atoms with Crippen LogP contribution in [0.5, 0.6) is 0 Å². The highest BCUT2D eigenvalue weighted by molar-refractivity contribution is 5.81. The van der Waals surface area contributed by atoms with E-state index >= 15 is 0 Å². The van der Waals surface area contributed by atoms with Crippen molar-refractivity contribution < 1.29 is 9.53 Å². The van der Waals surface area contributed by atoms with Gasteiger partial charge in [-0.1, -0.05) is 0 Å². The fourth-order valence-electron chi connectivity index (χ4n) is 0.994. The molecule has 0 aliphatic heterocycles. The molecule has 0 spiro atoms. The second-order valence-electron chi connectivity index (χ2n) is 3.04. The lowest BCUT2D eigenvalue weighted by Crippen LogP contribution is -2.41. The van der Waals surface area contributed by atoms with Crippen LogP contribution in [-0.2, 0) is 16.1 Å². The summed E-state index contributed by atoms with van der Waals surface area (Å²) in [4.78, 5) is 15.3. The maximum absolute atomic E-state index is 11.4. The molecular weight excluding hydrogens is 198 g/mol. The van der Waals surface area contributed by atoms with Gasteiger partial charge in [-0.2, -0.15) is 5.10 Å². The lowest BCUT2D eigenvalue weighted by Gasteiger charge is -2.10. The molecule has 0 saturated carbocycles. The van der Waals surface area contributed by atoms with Crippen molar-refractivity contribution in [2.75, 3.05) is 13.7 Å². The molecule has 0 aliphatic rings. The van der Waals surface area contributed by atoms with Gasteiger partial charge in [0.25, 0.3) is 0 Å². The number of carbonyl (C=O) groups is 1. The number of carbonyl (C=O) groups excluding carboxylic acids is 1. The molecule has 1 aromatic heterocycles. The molecule has 4 N–H and O–H groups in total. The monoisotopic (exact) mass is 213 g/mol. The molecule has 1 unspecified atom stereocenters. The minimum absolute atomic E-state index is 0.219. The van der Waals surface area contributed by atoms with Crippen LogP contribution in [0.2, 0.25) is 0 Å². The summed E-state index contributed by atoms with van der Waals surface area (Å²) in [5, 5.41) is 8.93. The van der Waals surface area contributed by atoms with Crippen molar-refractivity contribution >= 4 is 5.91 Å². The Bertz CT molecular complexity index is 287. The van der Waals surface area contributed by atoms with Gasteiger partial charge in [0.15, 0.2) is 0 Å². The van der Waals surface area contributed by atoms with E-state index in [2.05, 4.69) is 20.5 Å². The van der Waals surface area contributed by atoms with E-state index in [9.17, 15) is 4.79 Å². The average Bonchev–Trinajstić information content (AvgIpc) is 2.75. The number of nitrogens with two attached hydrogens (primary N) is 1. The van der Waals surface area contributed by atoms with Gasteiger partial charge in [0.05, 0.1) is 12.6 Å². The SMILES string of the molecule is COCCC(N)C(=O)NCc1ncn[nH]1. The molecule has 7 nitrogen and oxygen atoms in total. The minimum Gasteiger partial charge on any atom is -0.385 e. The van der Waals surface area contributed by atoms with Gasteiger partial charge in [-0.05, 0) is 6.42 Å². The number of aromatic amines is 1. The first-order valence-corrected chi connectivity index (χ1v) is 4.60. The van der Waals surface area contributed by atoms with Crippen molar-refractivity contribution in [2.24, 2.45) is 5.73 Å². The fourth-order valence-corrected chi connectivity index (χ4v) is 0.994. The van der Waals surface area contributed by atoms with Crippen molar-refractivity contribution in [3.8, 4) is 0 Å². The molecule has 1 aromatic rings. The van der Waals surface area contributed by atoms with Gasteiger partial charge < -0.3 is 15.8 Å². The third-order valence-electron chi connectivity index (χ3n) is 1.86. The Balaban J connectivity index is 2.23. The first kappa shape index (κ1) is 11.6. The van der Waals surface area contributed by atoms with Crippen LogP contribution in [-0.4, -0.2) is 40.8 Å². The third-order valence-corrected chi connectivity index (χ3v) is 1.86. The molecule has 0 bridgehead atoms. The van der Waals surface area contributed by atoms with Crippen molar-refractivity contribution in [3.05, 3.63) is 12.2 Å². The van der Waals surface area contributed by atoms with Gasteiger partial charge in [-0.25, -0.2) is 4.98 Å². The maximum Gasteiger partial charge on any atom is 0.237 e. The summed E-state index contributed by atoms with van der Waals surface area (Å²) in [6.07, 6.45) is 1.88. The standard InChI is InChI=1S/C8H15N5O2/c1-15-3-2-6(9)8(14)10-4-7-11-5-12-13-7/h5-6H,2-4,9H2,1H3,(H,10,14)(H,11,12,13). The van der Waals surface area contributed by atoms with E-state index in [-0.39, 0.29) is 5.91 Å². The number of H-pyrrole nitrogens is 1. The fraction of sp³-hybridized carbons (Fsp3) is 0.625. The molecular formula is C8H15N5O2. The zero-order valence-corrected chi connectivity index (χ0v) is 8.56. The summed E-state index contributed by atoms with van der Waals surface area (Å²) in [6.45, 7) is 0.774. The van der Waals surface area contributed by atoms with Gasteiger partial charge in [-0.15, -0.1) is 0 Å². The molecule has 84 valence electrons. The molecule has 15 heavy (non-hydrogen) atoms. The van der Waals surface area contributed by atoms with E-state index in [1.54, 1.807) is 7.11 Å². The summed E-state index contributed by atoms with van der Waals surface area (Å²) >= 11 is 0. The van der Waals surface area contributed by atoms with Crippen molar-refractivity contribution in [3.63, 3.8) is 0 Å².